The van der Waals surface area contributed by atoms with Crippen molar-refractivity contribution in [2.75, 3.05) is 5.75 Å². The number of phenols is 1. The van der Waals surface area contributed by atoms with E-state index < -0.39 is 0 Å². The Kier molecular flexibility index (Phi) is 4.39. The second kappa shape index (κ2) is 6.99. The maximum Gasteiger partial charge on any atom is 0.142 e. The first-order chi connectivity index (χ1) is 12.3. The molecule has 0 bridgehead atoms. The first-order valence-electron chi connectivity index (χ1n) is 8.09. The van der Waals surface area contributed by atoms with Crippen molar-refractivity contribution < 1.29 is 5.11 Å². The van der Waals surface area contributed by atoms with Gasteiger partial charge in [-0.05, 0) is 47.9 Å². The molecule has 0 aliphatic heterocycles. The van der Waals surface area contributed by atoms with E-state index in [4.69, 9.17) is 0 Å². The monoisotopic (exact) mass is 347 g/mol. The minimum absolute atomic E-state index is 0.261. The Bertz CT molecular complexity index is 981. The third kappa shape index (κ3) is 3.51. The third-order valence-electron chi connectivity index (χ3n) is 4.04. The van der Waals surface area contributed by atoms with Crippen LogP contribution in [-0.4, -0.2) is 25.8 Å². The topological polar surface area (TPSA) is 61.8 Å². The maximum atomic E-state index is 9.44. The molecule has 124 valence electrons. The number of rotatable bonds is 5. The van der Waals surface area contributed by atoms with Gasteiger partial charge in [0.2, 0.25) is 0 Å². The fourth-order valence-corrected chi connectivity index (χ4v) is 3.70. The summed E-state index contributed by atoms with van der Waals surface area (Å²) in [5.41, 5.74) is 4.15. The van der Waals surface area contributed by atoms with E-state index in [1.165, 1.54) is 5.56 Å². The van der Waals surface area contributed by atoms with Gasteiger partial charge in [0.15, 0.2) is 0 Å². The summed E-state index contributed by atoms with van der Waals surface area (Å²) in [4.78, 5) is 12.1. The molecule has 25 heavy (non-hydrogen) atoms. The lowest BCUT2D eigenvalue weighted by Gasteiger charge is -2.02. The fourth-order valence-electron chi connectivity index (χ4n) is 2.74. The van der Waals surface area contributed by atoms with E-state index in [0.717, 1.165) is 39.5 Å². The quantitative estimate of drug-likeness (QED) is 0.407. The molecule has 5 heteroatoms. The number of aromatic nitrogens is 3. The second-order valence-corrected chi connectivity index (χ2v) is 6.84. The average Bonchev–Trinajstić information content (AvgIpc) is 3.08. The lowest BCUT2D eigenvalue weighted by atomic mass is 10.1. The van der Waals surface area contributed by atoms with E-state index in [-0.39, 0.29) is 5.75 Å². The number of thioether (sulfide) groups is 1. The Hall–Kier alpha value is -2.79. The van der Waals surface area contributed by atoms with Gasteiger partial charge in [0.05, 0.1) is 5.39 Å². The zero-order valence-corrected chi connectivity index (χ0v) is 14.3. The van der Waals surface area contributed by atoms with Gasteiger partial charge in [0, 0.05) is 11.4 Å². The number of benzene rings is 2. The zero-order chi connectivity index (χ0) is 17.1. The van der Waals surface area contributed by atoms with Crippen molar-refractivity contribution in [3.8, 4) is 17.0 Å². The largest absolute Gasteiger partial charge is 0.508 e. The summed E-state index contributed by atoms with van der Waals surface area (Å²) in [5.74, 6) is 1.23. The van der Waals surface area contributed by atoms with Crippen LogP contribution < -0.4 is 0 Å². The van der Waals surface area contributed by atoms with Crippen molar-refractivity contribution in [1.29, 1.82) is 0 Å². The molecule has 0 amide bonds. The third-order valence-corrected chi connectivity index (χ3v) is 5.05. The molecule has 2 aromatic carbocycles. The maximum absolute atomic E-state index is 9.44. The Morgan fingerprint density at radius 3 is 2.56 bits per heavy atom. The van der Waals surface area contributed by atoms with Crippen molar-refractivity contribution in [2.24, 2.45) is 0 Å². The molecule has 4 aromatic rings. The van der Waals surface area contributed by atoms with Gasteiger partial charge >= 0.3 is 0 Å². The van der Waals surface area contributed by atoms with Gasteiger partial charge in [-0.15, -0.1) is 11.8 Å². The van der Waals surface area contributed by atoms with Gasteiger partial charge in [-0.3, -0.25) is 0 Å². The van der Waals surface area contributed by atoms with Crippen molar-refractivity contribution >= 4 is 22.8 Å². The highest BCUT2D eigenvalue weighted by molar-refractivity contribution is 7.99. The van der Waals surface area contributed by atoms with Gasteiger partial charge in [0.1, 0.15) is 22.7 Å². The Morgan fingerprint density at radius 2 is 1.76 bits per heavy atom. The summed E-state index contributed by atoms with van der Waals surface area (Å²) in [6.45, 7) is 0. The molecule has 0 atom stereocenters. The molecule has 4 rings (SSSR count). The highest BCUT2D eigenvalue weighted by Gasteiger charge is 2.10. The van der Waals surface area contributed by atoms with Crippen molar-refractivity contribution in [3.05, 3.63) is 72.6 Å². The molecular weight excluding hydrogens is 330 g/mol. The SMILES string of the molecule is Oc1ccc(-c2cc3c(SCCc4ccccc4)ncnc3[nH]2)cc1. The number of aromatic hydroxyl groups is 1. The number of hydrogen-bond donors (Lipinski definition) is 2. The summed E-state index contributed by atoms with van der Waals surface area (Å²) in [6.07, 6.45) is 2.61. The van der Waals surface area contributed by atoms with Crippen LogP contribution in [-0.2, 0) is 6.42 Å². The molecule has 0 aliphatic rings. The van der Waals surface area contributed by atoms with E-state index in [9.17, 15) is 5.11 Å². The van der Waals surface area contributed by atoms with Crippen LogP contribution in [0.25, 0.3) is 22.3 Å². The lowest BCUT2D eigenvalue weighted by Crippen LogP contribution is -1.90. The lowest BCUT2D eigenvalue weighted by molar-refractivity contribution is 0.475. The van der Waals surface area contributed by atoms with Crippen molar-refractivity contribution in [3.63, 3.8) is 0 Å². The predicted molar refractivity (Wildman–Crippen MR) is 102 cm³/mol. The molecule has 0 saturated heterocycles. The number of nitrogens with zero attached hydrogens (tertiary/aromatic N) is 2. The highest BCUT2D eigenvalue weighted by atomic mass is 32.2. The zero-order valence-electron chi connectivity index (χ0n) is 13.5. The Balaban J connectivity index is 1.56. The van der Waals surface area contributed by atoms with Gasteiger partial charge in [-0.1, -0.05) is 30.3 Å². The number of nitrogens with one attached hydrogen (secondary N) is 1. The molecular formula is C20H17N3OS. The minimum Gasteiger partial charge on any atom is -0.508 e. The van der Waals surface area contributed by atoms with Crippen LogP contribution in [0.5, 0.6) is 5.75 Å². The molecule has 4 nitrogen and oxygen atoms in total. The molecule has 2 N–H and O–H groups in total. The Morgan fingerprint density at radius 1 is 0.960 bits per heavy atom. The van der Waals surface area contributed by atoms with E-state index in [1.54, 1.807) is 30.2 Å². The van der Waals surface area contributed by atoms with Crippen LogP contribution >= 0.6 is 11.8 Å². The van der Waals surface area contributed by atoms with Gasteiger partial charge in [-0.2, -0.15) is 0 Å². The van der Waals surface area contributed by atoms with Crippen LogP contribution in [0.4, 0.5) is 0 Å². The van der Waals surface area contributed by atoms with Gasteiger partial charge in [-0.25, -0.2) is 9.97 Å². The highest BCUT2D eigenvalue weighted by Crippen LogP contribution is 2.30. The molecule has 0 radical (unpaired) electrons. The smallest absolute Gasteiger partial charge is 0.142 e. The molecule has 2 heterocycles. The Labute approximate surface area is 150 Å². The summed E-state index contributed by atoms with van der Waals surface area (Å²) < 4.78 is 0. The minimum atomic E-state index is 0.261. The van der Waals surface area contributed by atoms with Crippen LogP contribution in [0.2, 0.25) is 0 Å². The predicted octanol–water partition coefficient (Wildman–Crippen LogP) is 4.67. The van der Waals surface area contributed by atoms with Crippen LogP contribution in [0, 0.1) is 0 Å². The standard InChI is InChI=1S/C20H17N3OS/c24-16-8-6-15(7-9-16)18-12-17-19(23-18)21-13-22-20(17)25-11-10-14-4-2-1-3-5-14/h1-9,12-13,24H,10-11H2,(H,21,22,23). The molecule has 2 aromatic heterocycles. The molecule has 0 saturated carbocycles. The molecule has 0 fully saturated rings. The summed E-state index contributed by atoms with van der Waals surface area (Å²) >= 11 is 1.74. The molecule has 0 aliphatic carbocycles. The fraction of sp³-hybridized carbons (Fsp3) is 0.100. The number of hydrogen-bond acceptors (Lipinski definition) is 4. The number of phenolic OH excluding ortho intramolecular Hbond substituents is 1. The normalized spacial score (nSPS) is 11.0. The van der Waals surface area contributed by atoms with Crippen LogP contribution in [0.15, 0.2) is 72.0 Å². The van der Waals surface area contributed by atoms with Gasteiger partial charge < -0.3 is 10.1 Å². The van der Waals surface area contributed by atoms with E-state index in [2.05, 4.69) is 45.3 Å². The number of aryl methyl sites for hydroxylation is 1. The van der Waals surface area contributed by atoms with Gasteiger partial charge in [0.25, 0.3) is 0 Å². The van der Waals surface area contributed by atoms with Crippen LogP contribution in [0.3, 0.4) is 0 Å². The van der Waals surface area contributed by atoms with E-state index in [0.29, 0.717) is 0 Å². The van der Waals surface area contributed by atoms with Crippen molar-refractivity contribution in [1.82, 2.24) is 15.0 Å². The van der Waals surface area contributed by atoms with E-state index >= 15 is 0 Å². The molecule has 0 unspecified atom stereocenters. The molecule has 0 spiro atoms. The van der Waals surface area contributed by atoms with Crippen LogP contribution in [0.1, 0.15) is 5.56 Å². The summed E-state index contributed by atoms with van der Waals surface area (Å²) in [6, 6.07) is 19.7. The van der Waals surface area contributed by atoms with E-state index in [1.807, 2.05) is 18.2 Å². The van der Waals surface area contributed by atoms with Crippen molar-refractivity contribution in [2.45, 2.75) is 11.4 Å². The summed E-state index contributed by atoms with van der Waals surface area (Å²) in [7, 11) is 0. The first kappa shape index (κ1) is 15.7. The number of fused-ring (bicyclic) bond motifs is 1. The number of H-pyrrole nitrogens is 1. The second-order valence-electron chi connectivity index (χ2n) is 5.76. The average molecular weight is 347 g/mol. The first-order valence-corrected chi connectivity index (χ1v) is 9.08. The number of aromatic amines is 1. The summed E-state index contributed by atoms with van der Waals surface area (Å²) in [5, 5.41) is 11.5.